The maximum atomic E-state index is 13.1. The van der Waals surface area contributed by atoms with Crippen molar-refractivity contribution in [1.82, 2.24) is 34.1 Å². The van der Waals surface area contributed by atoms with Crippen LogP contribution in [0.25, 0.3) is 17.1 Å². The van der Waals surface area contributed by atoms with Gasteiger partial charge in [-0.25, -0.2) is 19.1 Å². The summed E-state index contributed by atoms with van der Waals surface area (Å²) in [6, 6.07) is 7.78. The molecule has 0 saturated carbocycles. The summed E-state index contributed by atoms with van der Waals surface area (Å²) < 4.78 is 62.3. The smallest absolute Gasteiger partial charge is 0.382 e. The second kappa shape index (κ2) is 10.9. The summed E-state index contributed by atoms with van der Waals surface area (Å²) in [6.45, 7) is -0.473. The molecule has 1 atom stereocenters. The first-order valence-electron chi connectivity index (χ1n) is 11.9. The van der Waals surface area contributed by atoms with Crippen LogP contribution in [0.5, 0.6) is 0 Å². The first-order chi connectivity index (χ1) is 18.9. The number of rotatable bonds is 7. The fourth-order valence-corrected chi connectivity index (χ4v) is 5.56. The standard InChI is InChI=1S/C23H24ClF3N8O4S/c24-16-3-1-15(2-4-16)21-31-34(22(37)33(21)12-19(36)23(25,26)27)13-20-29-14-35(30-20)18-11-28-6-5-17(18)32-7-9-40(38,39)10-8-32/h1-6,11,14,19,36,38-39H,7-10,12-13H2/t19-/m0/s1. The highest BCUT2D eigenvalue weighted by atomic mass is 35.5. The third-order valence-corrected chi connectivity index (χ3v) is 8.26. The van der Waals surface area contributed by atoms with E-state index in [4.69, 9.17) is 11.6 Å². The van der Waals surface area contributed by atoms with E-state index in [-0.39, 0.29) is 29.7 Å². The maximum absolute atomic E-state index is 13.1. The van der Waals surface area contributed by atoms with Gasteiger partial charge in [0.05, 0.1) is 29.9 Å². The van der Waals surface area contributed by atoms with Crippen molar-refractivity contribution in [3.05, 3.63) is 70.4 Å². The number of nitrogens with zero attached hydrogens (tertiary/aromatic N) is 8. The SMILES string of the molecule is O=c1n(Cc2ncn(-c3cnccc3N3CCS(O)(O)CC3)n2)nc(-c2ccc(Cl)cc2)n1C[C@H](O)C(F)(F)F. The van der Waals surface area contributed by atoms with Crippen LogP contribution in [0.2, 0.25) is 5.02 Å². The Hall–Kier alpha value is -3.44. The molecule has 0 unspecified atom stereocenters. The van der Waals surface area contributed by atoms with Crippen LogP contribution < -0.4 is 10.6 Å². The van der Waals surface area contributed by atoms with E-state index in [9.17, 15) is 32.2 Å². The number of benzene rings is 1. The highest BCUT2D eigenvalue weighted by Gasteiger charge is 2.39. The Morgan fingerprint density at radius 3 is 2.42 bits per heavy atom. The summed E-state index contributed by atoms with van der Waals surface area (Å²) in [5.74, 6) is 0.535. The Balaban J connectivity index is 1.44. The molecule has 3 N–H and O–H groups in total. The molecule has 1 aliphatic heterocycles. The van der Waals surface area contributed by atoms with Gasteiger partial charge in [0.25, 0.3) is 0 Å². The molecule has 1 fully saturated rings. The third-order valence-electron chi connectivity index (χ3n) is 6.33. The quantitative estimate of drug-likeness (QED) is 0.291. The lowest BCUT2D eigenvalue weighted by molar-refractivity contribution is -0.207. The van der Waals surface area contributed by atoms with Crippen molar-refractivity contribution in [2.45, 2.75) is 25.4 Å². The molecule has 1 aromatic carbocycles. The number of alkyl halides is 3. The summed E-state index contributed by atoms with van der Waals surface area (Å²) in [7, 11) is -2.59. The fourth-order valence-electron chi connectivity index (χ4n) is 4.21. The molecule has 17 heteroatoms. The summed E-state index contributed by atoms with van der Waals surface area (Å²) in [5, 5.41) is 18.7. The van der Waals surface area contributed by atoms with Crippen molar-refractivity contribution in [2.75, 3.05) is 29.5 Å². The monoisotopic (exact) mass is 600 g/mol. The van der Waals surface area contributed by atoms with Crippen molar-refractivity contribution >= 4 is 27.9 Å². The van der Waals surface area contributed by atoms with Gasteiger partial charge in [0.2, 0.25) is 0 Å². The van der Waals surface area contributed by atoms with E-state index in [1.807, 2.05) is 4.90 Å². The predicted molar refractivity (Wildman–Crippen MR) is 142 cm³/mol. The lowest BCUT2D eigenvalue weighted by Crippen LogP contribution is -2.38. The van der Waals surface area contributed by atoms with Crippen LogP contribution in [0.1, 0.15) is 5.82 Å². The Morgan fingerprint density at radius 1 is 1.05 bits per heavy atom. The topological polar surface area (TPSA) is 147 Å². The molecule has 0 bridgehead atoms. The van der Waals surface area contributed by atoms with Crippen molar-refractivity contribution in [2.24, 2.45) is 0 Å². The van der Waals surface area contributed by atoms with Crippen LogP contribution in [0.3, 0.4) is 0 Å². The van der Waals surface area contributed by atoms with Gasteiger partial charge in [-0.15, -0.1) is 10.2 Å². The van der Waals surface area contributed by atoms with Crippen molar-refractivity contribution in [1.29, 1.82) is 0 Å². The van der Waals surface area contributed by atoms with Crippen LogP contribution in [0, 0.1) is 0 Å². The molecule has 214 valence electrons. The number of hydrogen-bond donors (Lipinski definition) is 3. The van der Waals surface area contributed by atoms with E-state index in [1.54, 1.807) is 18.5 Å². The number of aliphatic hydroxyl groups is 1. The minimum Gasteiger partial charge on any atom is -0.382 e. The average Bonchev–Trinajstić information content (AvgIpc) is 3.49. The Bertz CT molecular complexity index is 1550. The predicted octanol–water partition coefficient (Wildman–Crippen LogP) is 2.88. The van der Waals surface area contributed by atoms with Gasteiger partial charge in [0.1, 0.15) is 18.6 Å². The minimum absolute atomic E-state index is 0.0879. The summed E-state index contributed by atoms with van der Waals surface area (Å²) in [6.07, 6.45) is -3.15. The summed E-state index contributed by atoms with van der Waals surface area (Å²) >= 11 is 5.92. The van der Waals surface area contributed by atoms with E-state index in [0.717, 1.165) is 14.9 Å². The fraction of sp³-hybridized carbons (Fsp3) is 0.348. The van der Waals surface area contributed by atoms with Crippen molar-refractivity contribution < 1.29 is 27.4 Å². The van der Waals surface area contributed by atoms with Crippen LogP contribution in [-0.2, 0) is 13.1 Å². The highest BCUT2D eigenvalue weighted by Crippen LogP contribution is 2.41. The van der Waals surface area contributed by atoms with Crippen molar-refractivity contribution in [3.63, 3.8) is 0 Å². The lowest BCUT2D eigenvalue weighted by atomic mass is 10.2. The molecule has 40 heavy (non-hydrogen) atoms. The number of hydrogen-bond acceptors (Lipinski definition) is 9. The van der Waals surface area contributed by atoms with Crippen LogP contribution in [0.4, 0.5) is 18.9 Å². The highest BCUT2D eigenvalue weighted by molar-refractivity contribution is 8.24. The van der Waals surface area contributed by atoms with E-state index in [1.165, 1.54) is 35.3 Å². The molecule has 1 aliphatic rings. The number of halogens is 4. The van der Waals surface area contributed by atoms with Gasteiger partial charge in [-0.3, -0.25) is 18.7 Å². The average molecular weight is 601 g/mol. The van der Waals surface area contributed by atoms with E-state index in [2.05, 4.69) is 20.2 Å². The molecule has 0 radical (unpaired) electrons. The molecule has 0 aliphatic carbocycles. The summed E-state index contributed by atoms with van der Waals surface area (Å²) in [5.41, 5.74) is 0.742. The van der Waals surface area contributed by atoms with Gasteiger partial charge in [-0.2, -0.15) is 23.8 Å². The van der Waals surface area contributed by atoms with Crippen LogP contribution in [-0.4, -0.2) is 85.2 Å². The molecule has 12 nitrogen and oxygen atoms in total. The zero-order valence-electron chi connectivity index (χ0n) is 20.7. The number of aromatic nitrogens is 7. The Morgan fingerprint density at radius 2 is 1.75 bits per heavy atom. The van der Waals surface area contributed by atoms with Crippen LogP contribution >= 0.6 is 22.2 Å². The number of anilines is 1. The molecule has 4 heterocycles. The van der Waals surface area contributed by atoms with E-state index in [0.29, 0.717) is 29.4 Å². The molecule has 0 amide bonds. The molecule has 5 rings (SSSR count). The molecule has 4 aromatic rings. The zero-order valence-corrected chi connectivity index (χ0v) is 22.3. The van der Waals surface area contributed by atoms with Crippen molar-refractivity contribution in [3.8, 4) is 17.1 Å². The summed E-state index contributed by atoms with van der Waals surface area (Å²) in [4.78, 5) is 23.5. The van der Waals surface area contributed by atoms with Gasteiger partial charge in [0.15, 0.2) is 17.8 Å². The molecule has 3 aromatic heterocycles. The van der Waals surface area contributed by atoms with Gasteiger partial charge < -0.3 is 10.0 Å². The third kappa shape index (κ3) is 6.00. The Labute approximate surface area is 231 Å². The van der Waals surface area contributed by atoms with Crippen LogP contribution in [0.15, 0.2) is 53.8 Å². The molecule has 0 spiro atoms. The molecular weight excluding hydrogens is 577 g/mol. The molecule has 1 saturated heterocycles. The number of pyridine rings is 1. The molecular formula is C23H24ClF3N8O4S. The lowest BCUT2D eigenvalue weighted by Gasteiger charge is -2.42. The van der Waals surface area contributed by atoms with Gasteiger partial charge >= 0.3 is 11.9 Å². The zero-order chi connectivity index (χ0) is 28.7. The number of aliphatic hydroxyl groups excluding tert-OH is 1. The first kappa shape index (κ1) is 28.1. The van der Waals surface area contributed by atoms with Gasteiger partial charge in [-0.1, -0.05) is 11.6 Å². The largest absolute Gasteiger partial charge is 0.416 e. The normalized spacial score (nSPS) is 17.1. The van der Waals surface area contributed by atoms with E-state index >= 15 is 0 Å². The first-order valence-corrected chi connectivity index (χ1v) is 14.2. The Kier molecular flexibility index (Phi) is 7.62. The second-order valence-electron chi connectivity index (χ2n) is 9.11. The second-order valence-corrected chi connectivity index (χ2v) is 12.0. The van der Waals surface area contributed by atoms with Gasteiger partial charge in [0, 0.05) is 29.9 Å². The minimum atomic E-state index is -4.94. The van der Waals surface area contributed by atoms with Gasteiger partial charge in [-0.05, 0) is 30.3 Å². The maximum Gasteiger partial charge on any atom is 0.416 e. The van der Waals surface area contributed by atoms with E-state index < -0.39 is 35.1 Å².